The number of amides is 1. The highest BCUT2D eigenvalue weighted by atomic mass is 16.6. The van der Waals surface area contributed by atoms with Crippen molar-refractivity contribution in [1.29, 1.82) is 0 Å². The van der Waals surface area contributed by atoms with Crippen molar-refractivity contribution in [2.75, 3.05) is 11.6 Å². The summed E-state index contributed by atoms with van der Waals surface area (Å²) in [6.45, 7) is 1.94. The van der Waals surface area contributed by atoms with E-state index < -0.39 is 10.8 Å². The van der Waals surface area contributed by atoms with E-state index in [9.17, 15) is 14.9 Å². The van der Waals surface area contributed by atoms with E-state index in [1.807, 2.05) is 0 Å². The number of nitro groups is 1. The third-order valence-electron chi connectivity index (χ3n) is 2.81. The molecule has 2 N–H and O–H groups in total. The van der Waals surface area contributed by atoms with E-state index in [1.54, 1.807) is 6.92 Å². The van der Waals surface area contributed by atoms with Crippen molar-refractivity contribution < 1.29 is 9.72 Å². The fourth-order valence-corrected chi connectivity index (χ4v) is 1.77. The Bertz CT molecular complexity index is 524. The zero-order valence-corrected chi connectivity index (χ0v) is 9.74. The Morgan fingerprint density at radius 1 is 1.44 bits per heavy atom. The molecule has 1 heterocycles. The highest BCUT2D eigenvalue weighted by molar-refractivity contribution is 6.14. The number of benzene rings is 1. The van der Waals surface area contributed by atoms with Gasteiger partial charge in [-0.25, -0.2) is 5.01 Å². The van der Waals surface area contributed by atoms with Gasteiger partial charge in [0, 0.05) is 24.4 Å². The summed E-state index contributed by atoms with van der Waals surface area (Å²) in [5.74, 6) is -0.607. The molecule has 7 nitrogen and oxygen atoms in total. The van der Waals surface area contributed by atoms with Crippen molar-refractivity contribution in [3.8, 4) is 0 Å². The maximum atomic E-state index is 12.0. The van der Waals surface area contributed by atoms with Crippen molar-refractivity contribution in [3.05, 3.63) is 34.4 Å². The van der Waals surface area contributed by atoms with Crippen LogP contribution in [0, 0.1) is 16.0 Å². The van der Waals surface area contributed by atoms with Crippen LogP contribution in [0.2, 0.25) is 0 Å². The van der Waals surface area contributed by atoms with Crippen LogP contribution in [0.3, 0.4) is 0 Å². The average Bonchev–Trinajstić information content (AvgIpc) is 2.64. The molecule has 7 heteroatoms. The summed E-state index contributed by atoms with van der Waals surface area (Å²) in [4.78, 5) is 22.0. The number of rotatable bonds is 3. The van der Waals surface area contributed by atoms with Gasteiger partial charge in [0.2, 0.25) is 0 Å². The lowest BCUT2D eigenvalue weighted by Crippen LogP contribution is -2.32. The number of nitrogens with two attached hydrogens (primary N) is 1. The van der Waals surface area contributed by atoms with Crippen LogP contribution in [-0.4, -0.2) is 23.1 Å². The standard InChI is InChI=1S/C11H12N4O3/c1-7-10(6-12)11(16)14(13-7)8-2-4-9(5-3-8)15(17)18/h2-5,10H,6,12H2,1H3. The van der Waals surface area contributed by atoms with Crippen LogP contribution in [0.1, 0.15) is 6.92 Å². The molecule has 2 rings (SSSR count). The predicted molar refractivity (Wildman–Crippen MR) is 66.2 cm³/mol. The molecule has 94 valence electrons. The van der Waals surface area contributed by atoms with Gasteiger partial charge in [0.15, 0.2) is 0 Å². The fraction of sp³-hybridized carbons (Fsp3) is 0.273. The van der Waals surface area contributed by atoms with Crippen LogP contribution in [0.15, 0.2) is 29.4 Å². The summed E-state index contributed by atoms with van der Waals surface area (Å²) in [5, 5.41) is 15.9. The molecule has 1 amide bonds. The molecule has 1 aromatic carbocycles. The highest BCUT2D eigenvalue weighted by Gasteiger charge is 2.33. The minimum Gasteiger partial charge on any atom is -0.329 e. The number of carbonyl (C=O) groups excluding carboxylic acids is 1. The first-order chi connectivity index (χ1) is 8.54. The monoisotopic (exact) mass is 248 g/mol. The number of carbonyl (C=O) groups is 1. The van der Waals surface area contributed by atoms with E-state index in [1.165, 1.54) is 29.3 Å². The Morgan fingerprint density at radius 3 is 2.50 bits per heavy atom. The molecule has 1 aromatic rings. The molecule has 1 aliphatic heterocycles. The summed E-state index contributed by atoms with van der Waals surface area (Å²) in [6, 6.07) is 5.66. The number of hydrazone groups is 1. The number of hydrogen-bond donors (Lipinski definition) is 1. The Balaban J connectivity index is 2.28. The highest BCUT2D eigenvalue weighted by Crippen LogP contribution is 2.25. The van der Waals surface area contributed by atoms with Gasteiger partial charge in [-0.05, 0) is 19.1 Å². The normalized spacial score (nSPS) is 19.0. The maximum absolute atomic E-state index is 12.0. The molecule has 1 unspecified atom stereocenters. The Hall–Kier alpha value is -2.28. The number of non-ortho nitro benzene ring substituents is 1. The van der Waals surface area contributed by atoms with Gasteiger partial charge in [-0.2, -0.15) is 5.10 Å². The number of hydrogen-bond acceptors (Lipinski definition) is 5. The van der Waals surface area contributed by atoms with Crippen molar-refractivity contribution in [2.24, 2.45) is 16.8 Å². The SMILES string of the molecule is CC1=NN(c2ccc([N+](=O)[O-])cc2)C(=O)C1CN. The summed E-state index contributed by atoms with van der Waals surface area (Å²) >= 11 is 0. The Kier molecular flexibility index (Phi) is 3.07. The fourth-order valence-electron chi connectivity index (χ4n) is 1.77. The molecule has 0 aromatic heterocycles. The van der Waals surface area contributed by atoms with Gasteiger partial charge in [-0.15, -0.1) is 0 Å². The van der Waals surface area contributed by atoms with Crippen LogP contribution in [0.25, 0.3) is 0 Å². The van der Waals surface area contributed by atoms with Gasteiger partial charge in [0.25, 0.3) is 11.6 Å². The third-order valence-corrected chi connectivity index (χ3v) is 2.81. The molecule has 18 heavy (non-hydrogen) atoms. The topological polar surface area (TPSA) is 102 Å². The van der Waals surface area contributed by atoms with Crippen molar-refractivity contribution in [1.82, 2.24) is 0 Å². The zero-order valence-electron chi connectivity index (χ0n) is 9.74. The summed E-state index contributed by atoms with van der Waals surface area (Å²) < 4.78 is 0. The molecule has 0 bridgehead atoms. The first-order valence-corrected chi connectivity index (χ1v) is 5.38. The number of anilines is 1. The Labute approximate surface area is 103 Å². The lowest BCUT2D eigenvalue weighted by atomic mass is 10.1. The number of nitrogens with zero attached hydrogens (tertiary/aromatic N) is 3. The first-order valence-electron chi connectivity index (χ1n) is 5.38. The van der Waals surface area contributed by atoms with E-state index in [2.05, 4.69) is 5.10 Å². The third kappa shape index (κ3) is 1.95. The molecular formula is C11H12N4O3. The molecule has 1 atom stereocenters. The molecular weight excluding hydrogens is 236 g/mol. The van der Waals surface area contributed by atoms with Crippen LogP contribution in [0.5, 0.6) is 0 Å². The predicted octanol–water partition coefficient (Wildman–Crippen LogP) is 0.892. The lowest BCUT2D eigenvalue weighted by Gasteiger charge is -2.13. The maximum Gasteiger partial charge on any atom is 0.269 e. The Morgan fingerprint density at radius 2 is 2.06 bits per heavy atom. The quantitative estimate of drug-likeness (QED) is 0.633. The van der Waals surface area contributed by atoms with Crippen LogP contribution < -0.4 is 10.7 Å². The first kappa shape index (κ1) is 12.2. The van der Waals surface area contributed by atoms with Crippen LogP contribution in [0.4, 0.5) is 11.4 Å². The van der Waals surface area contributed by atoms with Gasteiger partial charge in [0.1, 0.15) is 0 Å². The minimum absolute atomic E-state index is 0.0264. The zero-order chi connectivity index (χ0) is 13.3. The minimum atomic E-state index is -0.493. The second-order valence-electron chi connectivity index (χ2n) is 3.95. The molecule has 0 saturated heterocycles. The van der Waals surface area contributed by atoms with E-state index in [0.29, 0.717) is 11.4 Å². The average molecular weight is 248 g/mol. The number of nitro benzene ring substituents is 1. The molecule has 0 aliphatic carbocycles. The summed E-state index contributed by atoms with van der Waals surface area (Å²) in [6.07, 6.45) is 0. The second-order valence-corrected chi connectivity index (χ2v) is 3.95. The summed E-state index contributed by atoms with van der Waals surface area (Å²) in [7, 11) is 0. The van der Waals surface area contributed by atoms with Gasteiger partial charge < -0.3 is 5.73 Å². The van der Waals surface area contributed by atoms with Crippen LogP contribution >= 0.6 is 0 Å². The van der Waals surface area contributed by atoms with E-state index in [0.717, 1.165) is 0 Å². The van der Waals surface area contributed by atoms with Crippen molar-refractivity contribution >= 4 is 23.0 Å². The van der Waals surface area contributed by atoms with Gasteiger partial charge >= 0.3 is 0 Å². The molecule has 0 radical (unpaired) electrons. The van der Waals surface area contributed by atoms with E-state index in [4.69, 9.17) is 5.73 Å². The van der Waals surface area contributed by atoms with Crippen molar-refractivity contribution in [2.45, 2.75) is 6.92 Å². The van der Waals surface area contributed by atoms with Crippen molar-refractivity contribution in [3.63, 3.8) is 0 Å². The molecule has 0 spiro atoms. The van der Waals surface area contributed by atoms with Gasteiger partial charge in [-0.3, -0.25) is 14.9 Å². The van der Waals surface area contributed by atoms with E-state index in [-0.39, 0.29) is 18.1 Å². The lowest BCUT2D eigenvalue weighted by molar-refractivity contribution is -0.384. The van der Waals surface area contributed by atoms with E-state index >= 15 is 0 Å². The summed E-state index contributed by atoms with van der Waals surface area (Å²) in [5.41, 5.74) is 6.63. The largest absolute Gasteiger partial charge is 0.329 e. The van der Waals surface area contributed by atoms with Crippen LogP contribution in [-0.2, 0) is 4.79 Å². The molecule has 0 saturated carbocycles. The van der Waals surface area contributed by atoms with Gasteiger partial charge in [-0.1, -0.05) is 0 Å². The second kappa shape index (κ2) is 4.53. The molecule has 0 fully saturated rings. The van der Waals surface area contributed by atoms with Gasteiger partial charge in [0.05, 0.1) is 16.5 Å². The molecule has 1 aliphatic rings. The smallest absolute Gasteiger partial charge is 0.269 e.